The first-order chi connectivity index (χ1) is 6.75. The third-order valence-electron chi connectivity index (χ3n) is 3.27. The molecule has 0 saturated carbocycles. The molecule has 2 heterocycles. The summed E-state index contributed by atoms with van der Waals surface area (Å²) in [5, 5.41) is 0. The minimum Gasteiger partial charge on any atom is -0.377 e. The lowest BCUT2D eigenvalue weighted by Gasteiger charge is -2.54. The van der Waals surface area contributed by atoms with Crippen molar-refractivity contribution in [3.8, 4) is 0 Å². The van der Waals surface area contributed by atoms with Crippen molar-refractivity contribution in [1.82, 2.24) is 4.90 Å². The second-order valence-electron chi connectivity index (χ2n) is 4.46. The van der Waals surface area contributed by atoms with Gasteiger partial charge in [-0.25, -0.2) is 0 Å². The highest BCUT2D eigenvalue weighted by molar-refractivity contribution is 5.75. The molecule has 0 aromatic carbocycles. The Morgan fingerprint density at radius 3 is 2.07 bits per heavy atom. The van der Waals surface area contributed by atoms with Crippen molar-refractivity contribution in [2.75, 3.05) is 19.8 Å². The third-order valence-corrected chi connectivity index (χ3v) is 3.27. The van der Waals surface area contributed by atoms with Crippen LogP contribution < -0.4 is 0 Å². The van der Waals surface area contributed by atoms with E-state index in [2.05, 4.69) is 18.7 Å². The molecule has 0 aromatic heterocycles. The SMILES string of the molecule is CC.CC(C)N1CCCCC12COC2.[B]. The molecule has 0 N–H and O–H groups in total. The van der Waals surface area contributed by atoms with E-state index in [1.807, 2.05) is 13.8 Å². The first-order valence-electron chi connectivity index (χ1n) is 6.09. The van der Waals surface area contributed by atoms with Gasteiger partial charge in [0.25, 0.3) is 0 Å². The van der Waals surface area contributed by atoms with Crippen LogP contribution in [0.1, 0.15) is 47.0 Å². The highest BCUT2D eigenvalue weighted by atomic mass is 16.5. The van der Waals surface area contributed by atoms with Crippen molar-refractivity contribution in [2.45, 2.75) is 58.5 Å². The van der Waals surface area contributed by atoms with E-state index < -0.39 is 0 Å². The highest BCUT2D eigenvalue weighted by Crippen LogP contribution is 2.35. The van der Waals surface area contributed by atoms with E-state index in [0.717, 1.165) is 13.2 Å². The Balaban J connectivity index is 0.000000617. The number of hydrogen-bond donors (Lipinski definition) is 0. The van der Waals surface area contributed by atoms with Crippen LogP contribution in [0.15, 0.2) is 0 Å². The summed E-state index contributed by atoms with van der Waals surface area (Å²) < 4.78 is 5.35. The Bertz CT molecular complexity index is 169. The normalized spacial score (nSPS) is 23.8. The van der Waals surface area contributed by atoms with Gasteiger partial charge in [0.05, 0.1) is 18.8 Å². The summed E-state index contributed by atoms with van der Waals surface area (Å²) in [7, 11) is 0. The quantitative estimate of drug-likeness (QED) is 0.615. The molecule has 2 rings (SSSR count). The fourth-order valence-corrected chi connectivity index (χ4v) is 2.57. The van der Waals surface area contributed by atoms with Crippen molar-refractivity contribution < 1.29 is 4.74 Å². The molecule has 2 saturated heterocycles. The number of hydrogen-bond acceptors (Lipinski definition) is 2. The van der Waals surface area contributed by atoms with Gasteiger partial charge in [-0.05, 0) is 33.2 Å². The van der Waals surface area contributed by atoms with Crippen molar-refractivity contribution in [2.24, 2.45) is 0 Å². The van der Waals surface area contributed by atoms with Crippen LogP contribution in [0.25, 0.3) is 0 Å². The second kappa shape index (κ2) is 6.54. The maximum absolute atomic E-state index is 5.35. The number of rotatable bonds is 1. The Hall–Kier alpha value is -0.0151. The van der Waals surface area contributed by atoms with E-state index in [-0.39, 0.29) is 8.41 Å². The van der Waals surface area contributed by atoms with E-state index in [9.17, 15) is 0 Å². The largest absolute Gasteiger partial charge is 0.377 e. The Morgan fingerprint density at radius 1 is 1.13 bits per heavy atom. The highest BCUT2D eigenvalue weighted by Gasteiger charge is 2.45. The van der Waals surface area contributed by atoms with Gasteiger partial charge in [0.15, 0.2) is 0 Å². The molecule has 0 unspecified atom stereocenters. The van der Waals surface area contributed by atoms with E-state index >= 15 is 0 Å². The molecule has 87 valence electrons. The van der Waals surface area contributed by atoms with Crippen molar-refractivity contribution in [3.63, 3.8) is 0 Å². The van der Waals surface area contributed by atoms with Gasteiger partial charge in [0, 0.05) is 14.5 Å². The van der Waals surface area contributed by atoms with Crippen molar-refractivity contribution in [1.29, 1.82) is 0 Å². The number of ether oxygens (including phenoxy) is 1. The molecular weight excluding hydrogens is 185 g/mol. The molecule has 2 nitrogen and oxygen atoms in total. The molecule has 1 spiro atoms. The molecule has 3 radical (unpaired) electrons. The first-order valence-corrected chi connectivity index (χ1v) is 6.09. The zero-order chi connectivity index (χ0) is 10.6. The van der Waals surface area contributed by atoms with E-state index in [1.165, 1.54) is 25.8 Å². The van der Waals surface area contributed by atoms with Gasteiger partial charge in [-0.15, -0.1) is 0 Å². The molecule has 2 fully saturated rings. The molecule has 2 aliphatic rings. The van der Waals surface area contributed by atoms with Crippen molar-refractivity contribution >= 4 is 8.41 Å². The maximum atomic E-state index is 5.35. The molecule has 0 aliphatic carbocycles. The minimum atomic E-state index is 0. The smallest absolute Gasteiger partial charge is 0.0680 e. The van der Waals surface area contributed by atoms with Crippen LogP contribution in [0.2, 0.25) is 0 Å². The fourth-order valence-electron chi connectivity index (χ4n) is 2.57. The summed E-state index contributed by atoms with van der Waals surface area (Å²) >= 11 is 0. The Labute approximate surface area is 96.9 Å². The monoisotopic (exact) mass is 210 g/mol. The molecule has 2 aliphatic heterocycles. The summed E-state index contributed by atoms with van der Waals surface area (Å²) in [6.07, 6.45) is 4.12. The van der Waals surface area contributed by atoms with Crippen LogP contribution in [-0.2, 0) is 4.74 Å². The minimum absolute atomic E-state index is 0. The molecule has 3 heteroatoms. The summed E-state index contributed by atoms with van der Waals surface area (Å²) in [5.74, 6) is 0. The second-order valence-corrected chi connectivity index (χ2v) is 4.46. The molecular formula is C12H25BNO. The van der Waals surface area contributed by atoms with Crippen molar-refractivity contribution in [3.05, 3.63) is 0 Å². The maximum Gasteiger partial charge on any atom is 0.0680 e. The lowest BCUT2D eigenvalue weighted by atomic mass is 9.84. The zero-order valence-corrected chi connectivity index (χ0v) is 10.8. The van der Waals surface area contributed by atoms with Crippen LogP contribution in [0, 0.1) is 0 Å². The first kappa shape index (κ1) is 15.0. The van der Waals surface area contributed by atoms with Gasteiger partial charge < -0.3 is 4.74 Å². The Kier molecular flexibility index (Phi) is 6.54. The molecule has 0 bridgehead atoms. The Morgan fingerprint density at radius 2 is 1.73 bits per heavy atom. The van der Waals surface area contributed by atoms with Crippen LogP contribution in [-0.4, -0.2) is 44.7 Å². The standard InChI is InChI=1S/C10H19NO.C2H6.B/c1-9(2)11-6-4-3-5-10(11)7-12-8-10;1-2;/h9H,3-8H2,1-2H3;1-2H3;. The van der Waals surface area contributed by atoms with Crippen LogP contribution in [0.3, 0.4) is 0 Å². The third kappa shape index (κ3) is 2.98. The average Bonchev–Trinajstić information content (AvgIpc) is 2.18. The average molecular weight is 210 g/mol. The van der Waals surface area contributed by atoms with Gasteiger partial charge in [-0.3, -0.25) is 4.90 Å². The summed E-state index contributed by atoms with van der Waals surface area (Å²) in [5.41, 5.74) is 0.451. The lowest BCUT2D eigenvalue weighted by Crippen LogP contribution is -2.65. The predicted molar refractivity (Wildman–Crippen MR) is 66.3 cm³/mol. The number of piperidine rings is 1. The van der Waals surface area contributed by atoms with Crippen LogP contribution >= 0.6 is 0 Å². The van der Waals surface area contributed by atoms with Gasteiger partial charge in [-0.1, -0.05) is 20.3 Å². The summed E-state index contributed by atoms with van der Waals surface area (Å²) in [6.45, 7) is 11.8. The number of likely N-dealkylation sites (tertiary alicyclic amines) is 1. The summed E-state index contributed by atoms with van der Waals surface area (Å²) in [6, 6.07) is 0.689. The molecule has 0 amide bonds. The summed E-state index contributed by atoms with van der Waals surface area (Å²) in [4.78, 5) is 2.64. The van der Waals surface area contributed by atoms with Gasteiger partial charge in [0.1, 0.15) is 0 Å². The predicted octanol–water partition coefficient (Wildman–Crippen LogP) is 2.30. The zero-order valence-electron chi connectivity index (χ0n) is 10.8. The van der Waals surface area contributed by atoms with E-state index in [4.69, 9.17) is 4.74 Å². The van der Waals surface area contributed by atoms with E-state index in [0.29, 0.717) is 11.6 Å². The van der Waals surface area contributed by atoms with Crippen LogP contribution in [0.5, 0.6) is 0 Å². The molecule has 0 atom stereocenters. The van der Waals surface area contributed by atoms with Crippen LogP contribution in [0.4, 0.5) is 0 Å². The molecule has 0 aromatic rings. The topological polar surface area (TPSA) is 12.5 Å². The molecule has 15 heavy (non-hydrogen) atoms. The lowest BCUT2D eigenvalue weighted by molar-refractivity contribution is -0.165. The number of nitrogens with zero attached hydrogens (tertiary/aromatic N) is 1. The van der Waals surface area contributed by atoms with Gasteiger partial charge in [-0.2, -0.15) is 0 Å². The van der Waals surface area contributed by atoms with Gasteiger partial charge in [0.2, 0.25) is 0 Å². The van der Waals surface area contributed by atoms with Gasteiger partial charge >= 0.3 is 0 Å². The fraction of sp³-hybridized carbons (Fsp3) is 1.00. The van der Waals surface area contributed by atoms with E-state index in [1.54, 1.807) is 0 Å².